The van der Waals surface area contributed by atoms with Crippen molar-refractivity contribution in [2.45, 2.75) is 6.92 Å². The summed E-state index contributed by atoms with van der Waals surface area (Å²) >= 11 is 0. The van der Waals surface area contributed by atoms with E-state index in [2.05, 4.69) is 15.3 Å². The molecule has 26 heavy (non-hydrogen) atoms. The zero-order valence-electron chi connectivity index (χ0n) is 14.4. The van der Waals surface area contributed by atoms with E-state index in [-0.39, 0.29) is 5.56 Å². The number of nitrogens with zero attached hydrogens (tertiary/aromatic N) is 3. The predicted octanol–water partition coefficient (Wildman–Crippen LogP) is 3.40. The van der Waals surface area contributed by atoms with Crippen LogP contribution in [0.5, 0.6) is 0 Å². The van der Waals surface area contributed by atoms with Crippen LogP contribution in [0.4, 0.5) is 5.82 Å². The lowest BCUT2D eigenvalue weighted by molar-refractivity contribution is 1.17. The molecule has 1 aromatic carbocycles. The van der Waals surface area contributed by atoms with Crippen LogP contribution in [0.3, 0.4) is 0 Å². The number of aromatic nitrogens is 4. The van der Waals surface area contributed by atoms with Gasteiger partial charge in [-0.1, -0.05) is 30.3 Å². The van der Waals surface area contributed by atoms with Gasteiger partial charge in [-0.05, 0) is 25.1 Å². The highest BCUT2D eigenvalue weighted by Gasteiger charge is 2.15. The molecule has 0 saturated heterocycles. The predicted molar refractivity (Wildman–Crippen MR) is 103 cm³/mol. The van der Waals surface area contributed by atoms with E-state index in [1.807, 2.05) is 56.4 Å². The van der Waals surface area contributed by atoms with Crippen LogP contribution in [0.2, 0.25) is 0 Å². The number of anilines is 1. The molecule has 4 rings (SSSR count). The Hall–Kier alpha value is -3.54. The van der Waals surface area contributed by atoms with Gasteiger partial charge in [0.1, 0.15) is 11.3 Å². The summed E-state index contributed by atoms with van der Waals surface area (Å²) < 4.78 is 0. The van der Waals surface area contributed by atoms with E-state index in [1.165, 1.54) is 6.07 Å². The highest BCUT2D eigenvalue weighted by Crippen LogP contribution is 2.31. The number of benzene rings is 1. The fourth-order valence-corrected chi connectivity index (χ4v) is 2.90. The maximum atomic E-state index is 11.7. The Labute approximate surface area is 150 Å². The summed E-state index contributed by atoms with van der Waals surface area (Å²) in [6.07, 6.45) is 0. The van der Waals surface area contributed by atoms with E-state index in [0.717, 1.165) is 28.3 Å². The van der Waals surface area contributed by atoms with Crippen molar-refractivity contribution in [1.82, 2.24) is 19.9 Å². The van der Waals surface area contributed by atoms with Gasteiger partial charge >= 0.3 is 0 Å². The van der Waals surface area contributed by atoms with E-state index < -0.39 is 0 Å². The molecule has 0 fully saturated rings. The number of fused-ring (bicyclic) bond motifs is 1. The van der Waals surface area contributed by atoms with Gasteiger partial charge < -0.3 is 10.3 Å². The van der Waals surface area contributed by atoms with Crippen molar-refractivity contribution in [2.75, 3.05) is 12.4 Å². The topological polar surface area (TPSA) is 83.6 Å². The molecule has 128 valence electrons. The minimum absolute atomic E-state index is 0.198. The van der Waals surface area contributed by atoms with Gasteiger partial charge in [0.05, 0.1) is 11.4 Å². The van der Waals surface area contributed by atoms with Crippen LogP contribution < -0.4 is 10.9 Å². The number of aromatic amines is 1. The maximum absolute atomic E-state index is 11.7. The highest BCUT2D eigenvalue weighted by molar-refractivity contribution is 5.85. The molecule has 0 atom stereocenters. The van der Waals surface area contributed by atoms with Crippen LogP contribution in [-0.2, 0) is 0 Å². The molecular formula is C20H17N5O. The van der Waals surface area contributed by atoms with Crippen molar-refractivity contribution >= 4 is 17.0 Å². The van der Waals surface area contributed by atoms with Crippen molar-refractivity contribution in [3.63, 3.8) is 0 Å². The summed E-state index contributed by atoms with van der Waals surface area (Å²) in [6.45, 7) is 1.94. The summed E-state index contributed by atoms with van der Waals surface area (Å²) in [4.78, 5) is 28.4. The summed E-state index contributed by atoms with van der Waals surface area (Å²) in [7, 11) is 1.83. The van der Waals surface area contributed by atoms with Crippen LogP contribution in [0, 0.1) is 6.92 Å². The van der Waals surface area contributed by atoms with Gasteiger partial charge in [-0.2, -0.15) is 0 Å². The molecule has 0 amide bonds. The fourth-order valence-electron chi connectivity index (χ4n) is 2.90. The first-order valence-corrected chi connectivity index (χ1v) is 8.27. The lowest BCUT2D eigenvalue weighted by Gasteiger charge is -2.12. The van der Waals surface area contributed by atoms with E-state index in [0.29, 0.717) is 16.9 Å². The minimum atomic E-state index is -0.198. The van der Waals surface area contributed by atoms with E-state index in [4.69, 9.17) is 9.97 Å². The quantitative estimate of drug-likeness (QED) is 0.596. The van der Waals surface area contributed by atoms with Gasteiger partial charge in [-0.3, -0.25) is 4.79 Å². The molecule has 0 aliphatic rings. The molecule has 0 spiro atoms. The van der Waals surface area contributed by atoms with E-state index >= 15 is 0 Å². The van der Waals surface area contributed by atoms with Gasteiger partial charge in [0.25, 0.3) is 0 Å². The largest absolute Gasteiger partial charge is 0.373 e. The monoisotopic (exact) mass is 343 g/mol. The maximum Gasteiger partial charge on any atom is 0.249 e. The van der Waals surface area contributed by atoms with Gasteiger partial charge in [-0.15, -0.1) is 0 Å². The van der Waals surface area contributed by atoms with Crippen molar-refractivity contribution in [1.29, 1.82) is 0 Å². The van der Waals surface area contributed by atoms with Crippen molar-refractivity contribution in [2.24, 2.45) is 0 Å². The lowest BCUT2D eigenvalue weighted by Crippen LogP contribution is -2.06. The first-order chi connectivity index (χ1) is 12.6. The minimum Gasteiger partial charge on any atom is -0.373 e. The molecular weight excluding hydrogens is 326 g/mol. The van der Waals surface area contributed by atoms with Crippen molar-refractivity contribution < 1.29 is 0 Å². The summed E-state index contributed by atoms with van der Waals surface area (Å²) in [5, 5.41) is 3.08. The molecule has 0 bridgehead atoms. The van der Waals surface area contributed by atoms with Crippen LogP contribution in [0.25, 0.3) is 33.7 Å². The standard InChI is InChI=1S/C20H17N5O/c1-12-10-14(11-16(21-2)22-12)19-18(13-6-4-3-5-7-13)25-20-15(23-19)8-9-17(26)24-20/h3-11H,1-2H3,(H,21,22)(H,24,25,26). The third kappa shape index (κ3) is 2.93. The lowest BCUT2D eigenvalue weighted by atomic mass is 10.0. The number of pyridine rings is 2. The first kappa shape index (κ1) is 16.0. The zero-order chi connectivity index (χ0) is 18.1. The Morgan fingerprint density at radius 2 is 1.65 bits per heavy atom. The Morgan fingerprint density at radius 3 is 2.42 bits per heavy atom. The molecule has 0 radical (unpaired) electrons. The smallest absolute Gasteiger partial charge is 0.249 e. The first-order valence-electron chi connectivity index (χ1n) is 8.27. The number of rotatable bonds is 3. The van der Waals surface area contributed by atoms with Crippen molar-refractivity contribution in [3.8, 4) is 22.5 Å². The molecule has 0 unspecified atom stereocenters. The highest BCUT2D eigenvalue weighted by atomic mass is 16.1. The Morgan fingerprint density at radius 1 is 0.885 bits per heavy atom. The Bertz CT molecular complexity index is 1150. The van der Waals surface area contributed by atoms with E-state index in [9.17, 15) is 4.79 Å². The van der Waals surface area contributed by atoms with Gasteiger partial charge in [-0.25, -0.2) is 15.0 Å². The normalized spacial score (nSPS) is 10.8. The zero-order valence-corrected chi connectivity index (χ0v) is 14.4. The molecule has 4 aromatic rings. The molecule has 0 aliphatic carbocycles. The van der Waals surface area contributed by atoms with Crippen molar-refractivity contribution in [3.05, 3.63) is 70.6 Å². The number of H-pyrrole nitrogens is 1. The number of nitrogens with one attached hydrogen (secondary N) is 2. The summed E-state index contributed by atoms with van der Waals surface area (Å²) in [6, 6.07) is 16.9. The second-order valence-electron chi connectivity index (χ2n) is 5.98. The van der Waals surface area contributed by atoms with Gasteiger partial charge in [0.15, 0.2) is 5.65 Å². The molecule has 2 N–H and O–H groups in total. The van der Waals surface area contributed by atoms with Crippen LogP contribution in [0.1, 0.15) is 5.69 Å². The molecule has 6 nitrogen and oxygen atoms in total. The Kier molecular flexibility index (Phi) is 3.93. The van der Waals surface area contributed by atoms with Gasteiger partial charge in [0.2, 0.25) is 5.56 Å². The average Bonchev–Trinajstić information content (AvgIpc) is 2.67. The summed E-state index contributed by atoms with van der Waals surface area (Å²) in [5.41, 5.74) is 5.11. The van der Waals surface area contributed by atoms with Crippen LogP contribution in [0.15, 0.2) is 59.4 Å². The second-order valence-corrected chi connectivity index (χ2v) is 5.98. The molecule has 3 aromatic heterocycles. The average molecular weight is 343 g/mol. The fraction of sp³-hybridized carbons (Fsp3) is 0.100. The summed E-state index contributed by atoms with van der Waals surface area (Å²) in [5.74, 6) is 0.766. The van der Waals surface area contributed by atoms with Crippen LogP contribution in [-0.4, -0.2) is 27.0 Å². The number of aryl methyl sites for hydroxylation is 1. The molecule has 0 saturated carbocycles. The van der Waals surface area contributed by atoms with Crippen LogP contribution >= 0.6 is 0 Å². The third-order valence-corrected chi connectivity index (χ3v) is 4.09. The van der Waals surface area contributed by atoms with E-state index in [1.54, 1.807) is 6.07 Å². The number of hydrogen-bond acceptors (Lipinski definition) is 5. The molecule has 3 heterocycles. The second kappa shape index (κ2) is 6.40. The van der Waals surface area contributed by atoms with Gasteiger partial charge in [0, 0.05) is 29.9 Å². The Balaban J connectivity index is 2.05. The number of hydrogen-bond donors (Lipinski definition) is 2. The molecule has 0 aliphatic heterocycles. The molecule has 6 heteroatoms. The third-order valence-electron chi connectivity index (χ3n) is 4.09. The SMILES string of the molecule is CNc1cc(-c2nc3ccc(=O)[nH]c3nc2-c2ccccc2)cc(C)n1.